The third kappa shape index (κ3) is 4.22. The fraction of sp³-hybridized carbons (Fsp3) is 0.429. The predicted octanol–water partition coefficient (Wildman–Crippen LogP) is 5.87. The van der Waals surface area contributed by atoms with Crippen molar-refractivity contribution < 1.29 is 0 Å². The van der Waals surface area contributed by atoms with E-state index in [1.807, 2.05) is 13.0 Å². The van der Waals surface area contributed by atoms with Crippen LogP contribution in [0.2, 0.25) is 15.1 Å². The van der Waals surface area contributed by atoms with Crippen molar-refractivity contribution >= 4 is 51.3 Å². The van der Waals surface area contributed by atoms with E-state index in [1.54, 1.807) is 17.4 Å². The summed E-state index contributed by atoms with van der Waals surface area (Å²) < 4.78 is 0. The van der Waals surface area contributed by atoms with Gasteiger partial charge in [0.05, 0.1) is 21.1 Å². The summed E-state index contributed by atoms with van der Waals surface area (Å²) in [5, 5.41) is 14.7. The molecule has 2 rings (SSSR count). The van der Waals surface area contributed by atoms with Crippen LogP contribution < -0.4 is 5.32 Å². The van der Waals surface area contributed by atoms with E-state index in [4.69, 9.17) is 34.8 Å². The van der Waals surface area contributed by atoms with Crippen molar-refractivity contribution in [2.75, 3.05) is 5.32 Å². The first-order chi connectivity index (χ1) is 9.88. The molecule has 0 spiro atoms. The maximum absolute atomic E-state index is 6.24. The zero-order chi connectivity index (χ0) is 15.6. The Labute approximate surface area is 143 Å². The Bertz CT molecular complexity index is 628. The van der Waals surface area contributed by atoms with Gasteiger partial charge in [-0.1, -0.05) is 66.1 Å². The van der Waals surface area contributed by atoms with E-state index in [2.05, 4.69) is 29.4 Å². The number of aromatic nitrogens is 2. The SMILES string of the molecule is CC(C)Cc1nnc(NC(C)c2ccc(Cl)c(Cl)c2Cl)s1. The lowest BCUT2D eigenvalue weighted by atomic mass is 10.1. The molecule has 0 aliphatic carbocycles. The lowest BCUT2D eigenvalue weighted by molar-refractivity contribution is 0.640. The molecule has 3 nitrogen and oxygen atoms in total. The molecule has 2 aromatic rings. The number of nitrogens with one attached hydrogen (secondary N) is 1. The molecule has 114 valence electrons. The molecular formula is C14H16Cl3N3S. The molecule has 1 aromatic heterocycles. The molecular weight excluding hydrogens is 349 g/mol. The van der Waals surface area contributed by atoms with Gasteiger partial charge >= 0.3 is 0 Å². The lowest BCUT2D eigenvalue weighted by Crippen LogP contribution is -2.07. The number of anilines is 1. The molecule has 21 heavy (non-hydrogen) atoms. The van der Waals surface area contributed by atoms with Gasteiger partial charge in [-0.3, -0.25) is 0 Å². The number of nitrogens with zero attached hydrogens (tertiary/aromatic N) is 2. The van der Waals surface area contributed by atoms with Crippen molar-refractivity contribution in [3.8, 4) is 0 Å². The molecule has 0 saturated carbocycles. The second-order valence-electron chi connectivity index (χ2n) is 5.23. The van der Waals surface area contributed by atoms with Crippen LogP contribution in [-0.2, 0) is 6.42 Å². The topological polar surface area (TPSA) is 37.8 Å². The predicted molar refractivity (Wildman–Crippen MR) is 92.0 cm³/mol. The van der Waals surface area contributed by atoms with Crippen LogP contribution in [0.15, 0.2) is 12.1 Å². The van der Waals surface area contributed by atoms with Crippen LogP contribution in [0, 0.1) is 5.92 Å². The van der Waals surface area contributed by atoms with Gasteiger partial charge in [0, 0.05) is 6.42 Å². The molecule has 7 heteroatoms. The van der Waals surface area contributed by atoms with Crippen LogP contribution in [0.1, 0.15) is 37.4 Å². The van der Waals surface area contributed by atoms with Crippen LogP contribution in [0.3, 0.4) is 0 Å². The summed E-state index contributed by atoms with van der Waals surface area (Å²) in [5.74, 6) is 0.563. The third-order valence-corrected chi connectivity index (χ3v) is 5.11. The fourth-order valence-electron chi connectivity index (χ4n) is 1.88. The Morgan fingerprint density at radius 2 is 1.81 bits per heavy atom. The molecule has 1 atom stereocenters. The van der Waals surface area contributed by atoms with Crippen LogP contribution in [0.5, 0.6) is 0 Å². The summed E-state index contributed by atoms with van der Waals surface area (Å²) in [7, 11) is 0. The summed E-state index contributed by atoms with van der Waals surface area (Å²) in [4.78, 5) is 0. The van der Waals surface area contributed by atoms with Gasteiger partial charge in [-0.15, -0.1) is 10.2 Å². The molecule has 1 aromatic carbocycles. The maximum Gasteiger partial charge on any atom is 0.206 e. The van der Waals surface area contributed by atoms with Gasteiger partial charge in [0.1, 0.15) is 5.01 Å². The minimum atomic E-state index is -0.0351. The highest BCUT2D eigenvalue weighted by Gasteiger charge is 2.16. The van der Waals surface area contributed by atoms with E-state index in [0.29, 0.717) is 21.0 Å². The number of rotatable bonds is 5. The van der Waals surface area contributed by atoms with E-state index in [0.717, 1.165) is 22.1 Å². The standard InChI is InChI=1S/C14H16Cl3N3S/c1-7(2)6-11-19-20-14(21-11)18-8(3)9-4-5-10(15)13(17)12(9)16/h4-5,7-8H,6H2,1-3H3,(H,18,20). The molecule has 0 aliphatic heterocycles. The normalized spacial score (nSPS) is 12.7. The first-order valence-electron chi connectivity index (χ1n) is 6.60. The molecule has 0 aliphatic rings. The Kier molecular flexibility index (Phi) is 5.72. The average Bonchev–Trinajstić information content (AvgIpc) is 2.82. The van der Waals surface area contributed by atoms with Gasteiger partial charge in [-0.25, -0.2) is 0 Å². The van der Waals surface area contributed by atoms with E-state index < -0.39 is 0 Å². The Hall–Kier alpha value is -0.550. The van der Waals surface area contributed by atoms with Crippen molar-refractivity contribution in [2.24, 2.45) is 5.92 Å². The maximum atomic E-state index is 6.24. The number of hydrogen-bond donors (Lipinski definition) is 1. The summed E-state index contributed by atoms with van der Waals surface area (Å²) >= 11 is 19.8. The van der Waals surface area contributed by atoms with Gasteiger partial charge in [0.25, 0.3) is 0 Å². The minimum absolute atomic E-state index is 0.0351. The average molecular weight is 365 g/mol. The zero-order valence-electron chi connectivity index (χ0n) is 12.0. The van der Waals surface area contributed by atoms with Gasteiger partial charge in [0.2, 0.25) is 5.13 Å². The summed E-state index contributed by atoms with van der Waals surface area (Å²) in [6, 6.07) is 3.57. The van der Waals surface area contributed by atoms with Crippen LogP contribution >= 0.6 is 46.1 Å². The molecule has 0 fully saturated rings. The highest BCUT2D eigenvalue weighted by molar-refractivity contribution is 7.15. The largest absolute Gasteiger partial charge is 0.354 e. The Balaban J connectivity index is 2.13. The smallest absolute Gasteiger partial charge is 0.206 e. The fourth-order valence-corrected chi connectivity index (χ4v) is 3.63. The number of hydrogen-bond acceptors (Lipinski definition) is 4. The molecule has 0 bridgehead atoms. The van der Waals surface area contributed by atoms with E-state index in [1.165, 1.54) is 0 Å². The monoisotopic (exact) mass is 363 g/mol. The number of halogens is 3. The van der Waals surface area contributed by atoms with Gasteiger partial charge in [-0.05, 0) is 24.5 Å². The quantitative estimate of drug-likeness (QED) is 0.674. The highest BCUT2D eigenvalue weighted by atomic mass is 35.5. The number of benzene rings is 1. The second kappa shape index (κ2) is 7.14. The molecule has 1 unspecified atom stereocenters. The van der Waals surface area contributed by atoms with Crippen LogP contribution in [0.25, 0.3) is 0 Å². The Morgan fingerprint density at radius 3 is 2.48 bits per heavy atom. The van der Waals surface area contributed by atoms with Crippen molar-refractivity contribution in [2.45, 2.75) is 33.2 Å². The van der Waals surface area contributed by atoms with Crippen molar-refractivity contribution in [3.05, 3.63) is 37.8 Å². The third-order valence-electron chi connectivity index (χ3n) is 2.92. The first kappa shape index (κ1) is 16.8. The molecule has 1 heterocycles. The molecule has 0 amide bonds. The second-order valence-corrected chi connectivity index (χ2v) is 7.45. The first-order valence-corrected chi connectivity index (χ1v) is 8.55. The van der Waals surface area contributed by atoms with Crippen molar-refractivity contribution in [3.63, 3.8) is 0 Å². The van der Waals surface area contributed by atoms with E-state index in [9.17, 15) is 0 Å². The van der Waals surface area contributed by atoms with Crippen LogP contribution in [0.4, 0.5) is 5.13 Å². The van der Waals surface area contributed by atoms with Gasteiger partial charge < -0.3 is 5.32 Å². The highest BCUT2D eigenvalue weighted by Crippen LogP contribution is 2.36. The Morgan fingerprint density at radius 1 is 1.10 bits per heavy atom. The molecule has 0 radical (unpaired) electrons. The van der Waals surface area contributed by atoms with Crippen molar-refractivity contribution in [1.29, 1.82) is 0 Å². The van der Waals surface area contributed by atoms with Gasteiger partial charge in [0.15, 0.2) is 0 Å². The summed E-state index contributed by atoms with van der Waals surface area (Å²) in [6.45, 7) is 6.31. The lowest BCUT2D eigenvalue weighted by Gasteiger charge is -2.15. The van der Waals surface area contributed by atoms with Gasteiger partial charge in [-0.2, -0.15) is 0 Å². The molecule has 0 saturated heterocycles. The van der Waals surface area contributed by atoms with E-state index in [-0.39, 0.29) is 6.04 Å². The summed E-state index contributed by atoms with van der Waals surface area (Å²) in [6.07, 6.45) is 0.932. The van der Waals surface area contributed by atoms with Crippen molar-refractivity contribution in [1.82, 2.24) is 10.2 Å². The van der Waals surface area contributed by atoms with Crippen LogP contribution in [-0.4, -0.2) is 10.2 Å². The minimum Gasteiger partial charge on any atom is -0.354 e. The zero-order valence-corrected chi connectivity index (χ0v) is 15.0. The molecule has 1 N–H and O–H groups in total. The van der Waals surface area contributed by atoms with E-state index >= 15 is 0 Å². The summed E-state index contributed by atoms with van der Waals surface area (Å²) in [5.41, 5.74) is 0.881.